The molecule has 1 saturated heterocycles. The van der Waals surface area contributed by atoms with Crippen LogP contribution in [-0.2, 0) is 0 Å². The number of nitrogens with zero attached hydrogens (tertiary/aromatic N) is 3. The third-order valence-corrected chi connectivity index (χ3v) is 4.46. The van der Waals surface area contributed by atoms with Gasteiger partial charge < -0.3 is 10.2 Å². The summed E-state index contributed by atoms with van der Waals surface area (Å²) in [5.41, 5.74) is 1.24. The molecule has 120 valence electrons. The van der Waals surface area contributed by atoms with Crippen molar-refractivity contribution in [2.24, 2.45) is 0 Å². The summed E-state index contributed by atoms with van der Waals surface area (Å²) in [6, 6.07) is 5.17. The van der Waals surface area contributed by atoms with Gasteiger partial charge in [0, 0.05) is 31.2 Å². The van der Waals surface area contributed by atoms with E-state index in [0.717, 1.165) is 31.6 Å². The van der Waals surface area contributed by atoms with Crippen LogP contribution in [0.15, 0.2) is 30.6 Å². The first-order chi connectivity index (χ1) is 11.1. The van der Waals surface area contributed by atoms with E-state index in [1.807, 2.05) is 4.90 Å². The quantitative estimate of drug-likeness (QED) is 0.902. The highest BCUT2D eigenvalue weighted by molar-refractivity contribution is 6.42. The van der Waals surface area contributed by atoms with E-state index in [1.165, 1.54) is 6.42 Å². The number of hydrogen-bond donors (Lipinski definition) is 1. The maximum Gasteiger partial charge on any atom is 0.256 e. The molecule has 1 N–H and O–H groups in total. The van der Waals surface area contributed by atoms with E-state index in [1.54, 1.807) is 30.6 Å². The minimum atomic E-state index is -0.00853. The molecule has 1 aromatic heterocycles. The second-order valence-corrected chi connectivity index (χ2v) is 6.22. The van der Waals surface area contributed by atoms with E-state index in [9.17, 15) is 4.79 Å². The number of carbonyl (C=O) groups excluding carboxylic acids is 1. The summed E-state index contributed by atoms with van der Waals surface area (Å²) in [4.78, 5) is 22.6. The number of halogens is 2. The molecule has 1 aliphatic heterocycles. The number of amides is 1. The van der Waals surface area contributed by atoms with E-state index in [-0.39, 0.29) is 5.91 Å². The van der Waals surface area contributed by atoms with Gasteiger partial charge in [-0.15, -0.1) is 0 Å². The predicted octanol–water partition coefficient (Wildman–Crippen LogP) is 4.15. The number of piperidine rings is 1. The lowest BCUT2D eigenvalue weighted by Gasteiger charge is -2.26. The monoisotopic (exact) mass is 350 g/mol. The summed E-state index contributed by atoms with van der Waals surface area (Å²) in [5.74, 6) is 0.393. The molecule has 5 nitrogen and oxygen atoms in total. The Morgan fingerprint density at radius 1 is 1.04 bits per heavy atom. The van der Waals surface area contributed by atoms with Crippen LogP contribution in [0.4, 0.5) is 11.6 Å². The van der Waals surface area contributed by atoms with Crippen LogP contribution in [0.5, 0.6) is 0 Å². The number of benzene rings is 1. The van der Waals surface area contributed by atoms with Crippen molar-refractivity contribution in [3.8, 4) is 0 Å². The van der Waals surface area contributed by atoms with Gasteiger partial charge in [0.05, 0.1) is 15.6 Å². The number of likely N-dealkylation sites (tertiary alicyclic amines) is 1. The number of carbonyl (C=O) groups is 1. The lowest BCUT2D eigenvalue weighted by Crippen LogP contribution is -2.35. The Morgan fingerprint density at radius 2 is 1.74 bits per heavy atom. The van der Waals surface area contributed by atoms with E-state index < -0.39 is 0 Å². The van der Waals surface area contributed by atoms with Gasteiger partial charge in [-0.25, -0.2) is 9.97 Å². The molecule has 0 radical (unpaired) electrons. The number of hydrogen-bond acceptors (Lipinski definition) is 4. The molecule has 7 heteroatoms. The average Bonchev–Trinajstić information content (AvgIpc) is 2.59. The largest absolute Gasteiger partial charge is 0.339 e. The van der Waals surface area contributed by atoms with E-state index in [2.05, 4.69) is 15.3 Å². The van der Waals surface area contributed by atoms with Crippen molar-refractivity contribution in [2.75, 3.05) is 18.4 Å². The van der Waals surface area contributed by atoms with Crippen molar-refractivity contribution in [1.29, 1.82) is 0 Å². The predicted molar refractivity (Wildman–Crippen MR) is 91.5 cm³/mol. The maximum atomic E-state index is 12.3. The van der Waals surface area contributed by atoms with Crippen LogP contribution in [0.1, 0.15) is 29.6 Å². The molecule has 1 aromatic carbocycles. The van der Waals surface area contributed by atoms with Crippen LogP contribution >= 0.6 is 23.2 Å². The fourth-order valence-corrected chi connectivity index (χ4v) is 2.78. The molecular formula is C16H16Cl2N4O. The van der Waals surface area contributed by atoms with Gasteiger partial charge >= 0.3 is 0 Å². The summed E-state index contributed by atoms with van der Waals surface area (Å²) in [6.45, 7) is 1.62. The molecule has 2 heterocycles. The van der Waals surface area contributed by atoms with Gasteiger partial charge in [-0.1, -0.05) is 23.2 Å². The number of aromatic nitrogens is 2. The Labute approximate surface area is 144 Å². The summed E-state index contributed by atoms with van der Waals surface area (Å²) in [7, 11) is 0. The van der Waals surface area contributed by atoms with E-state index in [4.69, 9.17) is 23.2 Å². The van der Waals surface area contributed by atoms with Gasteiger partial charge in [0.2, 0.25) is 5.95 Å². The molecular weight excluding hydrogens is 335 g/mol. The van der Waals surface area contributed by atoms with Crippen molar-refractivity contribution in [1.82, 2.24) is 14.9 Å². The van der Waals surface area contributed by atoms with Gasteiger partial charge in [-0.2, -0.15) is 0 Å². The van der Waals surface area contributed by atoms with Gasteiger partial charge in [0.15, 0.2) is 0 Å². The topological polar surface area (TPSA) is 58.1 Å². The highest BCUT2D eigenvalue weighted by Gasteiger charge is 2.18. The minimum absolute atomic E-state index is 0.00853. The van der Waals surface area contributed by atoms with Gasteiger partial charge in [0.1, 0.15) is 0 Å². The smallest absolute Gasteiger partial charge is 0.256 e. The molecule has 1 amide bonds. The molecule has 0 atom stereocenters. The first-order valence-electron chi connectivity index (χ1n) is 7.47. The number of rotatable bonds is 3. The average molecular weight is 351 g/mol. The molecule has 1 fully saturated rings. The molecule has 0 bridgehead atoms. The Hall–Kier alpha value is -1.85. The Bertz CT molecular complexity index is 700. The lowest BCUT2D eigenvalue weighted by molar-refractivity contribution is 0.0723. The van der Waals surface area contributed by atoms with Crippen molar-refractivity contribution in [3.63, 3.8) is 0 Å². The fraction of sp³-hybridized carbons (Fsp3) is 0.312. The highest BCUT2D eigenvalue weighted by atomic mass is 35.5. The molecule has 0 aliphatic carbocycles. The van der Waals surface area contributed by atoms with Crippen LogP contribution in [0.3, 0.4) is 0 Å². The molecule has 2 aromatic rings. The summed E-state index contributed by atoms with van der Waals surface area (Å²) in [6.07, 6.45) is 6.40. The molecule has 1 aliphatic rings. The van der Waals surface area contributed by atoms with Crippen LogP contribution in [-0.4, -0.2) is 33.9 Å². The molecule has 0 unspecified atom stereocenters. The van der Waals surface area contributed by atoms with E-state index in [0.29, 0.717) is 21.6 Å². The van der Waals surface area contributed by atoms with Crippen molar-refractivity contribution < 1.29 is 4.79 Å². The van der Waals surface area contributed by atoms with Crippen LogP contribution in [0, 0.1) is 0 Å². The molecule has 0 saturated carbocycles. The number of nitrogens with one attached hydrogen (secondary N) is 1. The summed E-state index contributed by atoms with van der Waals surface area (Å²) in [5, 5.41) is 3.97. The van der Waals surface area contributed by atoms with Crippen molar-refractivity contribution in [2.45, 2.75) is 19.3 Å². The first kappa shape index (κ1) is 16.0. The Morgan fingerprint density at radius 3 is 2.39 bits per heavy atom. The molecule has 0 spiro atoms. The second kappa shape index (κ2) is 7.15. The minimum Gasteiger partial charge on any atom is -0.339 e. The highest BCUT2D eigenvalue weighted by Crippen LogP contribution is 2.26. The number of anilines is 2. The SMILES string of the molecule is O=C(c1cnc(Nc2ccc(Cl)c(Cl)c2)nc1)N1CCCCC1. The first-order valence-corrected chi connectivity index (χ1v) is 8.22. The van der Waals surface area contributed by atoms with Gasteiger partial charge in [-0.05, 0) is 37.5 Å². The van der Waals surface area contributed by atoms with Crippen molar-refractivity contribution >= 4 is 40.7 Å². The normalized spacial score (nSPS) is 14.6. The molecule has 23 heavy (non-hydrogen) atoms. The van der Waals surface area contributed by atoms with Gasteiger partial charge in [0.25, 0.3) is 5.91 Å². The zero-order valence-electron chi connectivity index (χ0n) is 12.4. The fourth-order valence-electron chi connectivity index (χ4n) is 2.49. The van der Waals surface area contributed by atoms with Crippen LogP contribution < -0.4 is 5.32 Å². The van der Waals surface area contributed by atoms with Crippen LogP contribution in [0.2, 0.25) is 10.0 Å². The molecule has 3 rings (SSSR count). The zero-order chi connectivity index (χ0) is 16.2. The zero-order valence-corrected chi connectivity index (χ0v) is 13.9. The standard InChI is InChI=1S/C16H16Cl2N4O/c17-13-5-4-12(8-14(13)18)21-16-19-9-11(10-20-16)15(23)22-6-2-1-3-7-22/h4-5,8-10H,1-3,6-7H2,(H,19,20,21). The van der Waals surface area contributed by atoms with Gasteiger partial charge in [-0.3, -0.25) is 4.79 Å². The maximum absolute atomic E-state index is 12.3. The summed E-state index contributed by atoms with van der Waals surface area (Å²) >= 11 is 11.8. The third-order valence-electron chi connectivity index (χ3n) is 3.72. The van der Waals surface area contributed by atoms with Crippen LogP contribution in [0.25, 0.3) is 0 Å². The Kier molecular flexibility index (Phi) is 4.98. The summed E-state index contributed by atoms with van der Waals surface area (Å²) < 4.78 is 0. The lowest BCUT2D eigenvalue weighted by atomic mass is 10.1. The van der Waals surface area contributed by atoms with Crippen molar-refractivity contribution in [3.05, 3.63) is 46.2 Å². The Balaban J connectivity index is 1.68. The second-order valence-electron chi connectivity index (χ2n) is 5.40. The van der Waals surface area contributed by atoms with E-state index >= 15 is 0 Å². The third kappa shape index (κ3) is 3.92.